The van der Waals surface area contributed by atoms with Gasteiger partial charge in [0.05, 0.1) is 21.6 Å². The largest absolute Gasteiger partial charge is 0.490 e. The Morgan fingerprint density at radius 2 is 1.80 bits per heavy atom. The quantitative estimate of drug-likeness (QED) is 0.193. The van der Waals surface area contributed by atoms with Crippen LogP contribution in [0.4, 0.5) is 4.79 Å². The van der Waals surface area contributed by atoms with Gasteiger partial charge in [0.2, 0.25) is 0 Å². The summed E-state index contributed by atoms with van der Waals surface area (Å²) in [6.45, 7) is 5.05. The molecule has 0 N–H and O–H groups in total. The number of hydrogen-bond donors (Lipinski definition) is 0. The molecule has 1 aliphatic rings. The molecule has 0 aliphatic carbocycles. The fraction of sp³-hybridized carbons (Fsp3) is 0.185. The summed E-state index contributed by atoms with van der Waals surface area (Å²) in [7, 11) is 0. The van der Waals surface area contributed by atoms with Crippen LogP contribution in [0.3, 0.4) is 0 Å². The van der Waals surface area contributed by atoms with E-state index in [1.807, 2.05) is 49.4 Å². The van der Waals surface area contributed by atoms with Gasteiger partial charge < -0.3 is 9.47 Å². The van der Waals surface area contributed by atoms with E-state index in [1.165, 1.54) is 4.90 Å². The fourth-order valence-corrected chi connectivity index (χ4v) is 5.30. The van der Waals surface area contributed by atoms with Crippen molar-refractivity contribution in [1.82, 2.24) is 4.90 Å². The molecule has 0 saturated carbocycles. The first-order chi connectivity index (χ1) is 16.9. The minimum absolute atomic E-state index is 0.201. The van der Waals surface area contributed by atoms with Crippen molar-refractivity contribution in [3.8, 4) is 11.5 Å². The predicted molar refractivity (Wildman–Crippen MR) is 149 cm³/mol. The van der Waals surface area contributed by atoms with Gasteiger partial charge in [-0.2, -0.15) is 0 Å². The summed E-state index contributed by atoms with van der Waals surface area (Å²) < 4.78 is 12.9. The van der Waals surface area contributed by atoms with Gasteiger partial charge in [-0.25, -0.2) is 0 Å². The second-order valence-electron chi connectivity index (χ2n) is 7.87. The van der Waals surface area contributed by atoms with E-state index in [4.69, 9.17) is 21.1 Å². The van der Waals surface area contributed by atoms with E-state index in [1.54, 1.807) is 18.2 Å². The molecular weight excluding hydrogens is 597 g/mol. The first kappa shape index (κ1) is 25.6. The molecule has 0 aromatic heterocycles. The summed E-state index contributed by atoms with van der Waals surface area (Å²) in [6, 6.07) is 18.9. The Morgan fingerprint density at radius 1 is 1.06 bits per heavy atom. The number of thioether (sulfide) groups is 1. The highest BCUT2D eigenvalue weighted by Gasteiger charge is 2.35. The first-order valence-electron chi connectivity index (χ1n) is 11.0. The van der Waals surface area contributed by atoms with E-state index in [0.29, 0.717) is 34.6 Å². The van der Waals surface area contributed by atoms with Crippen LogP contribution in [0.1, 0.15) is 29.2 Å². The summed E-state index contributed by atoms with van der Waals surface area (Å²) >= 11 is 9.08. The average Bonchev–Trinajstić information content (AvgIpc) is 3.08. The summed E-state index contributed by atoms with van der Waals surface area (Å²) in [5, 5.41) is 0.308. The molecule has 1 saturated heterocycles. The molecular formula is C27H23ClINO4S. The Hall–Kier alpha value is -2.49. The molecule has 0 radical (unpaired) electrons. The van der Waals surface area contributed by atoms with E-state index in [-0.39, 0.29) is 17.7 Å². The van der Waals surface area contributed by atoms with Crippen LogP contribution >= 0.6 is 46.0 Å². The van der Waals surface area contributed by atoms with Crippen molar-refractivity contribution in [3.63, 3.8) is 0 Å². The monoisotopic (exact) mass is 619 g/mol. The van der Waals surface area contributed by atoms with E-state index in [9.17, 15) is 9.59 Å². The Morgan fingerprint density at radius 3 is 2.51 bits per heavy atom. The zero-order valence-electron chi connectivity index (χ0n) is 19.2. The minimum Gasteiger partial charge on any atom is -0.490 e. The Labute approximate surface area is 227 Å². The van der Waals surface area contributed by atoms with Crippen LogP contribution in [-0.2, 0) is 17.9 Å². The molecule has 5 nitrogen and oxygen atoms in total. The lowest BCUT2D eigenvalue weighted by atomic mass is 10.1. The van der Waals surface area contributed by atoms with Crippen molar-refractivity contribution in [2.45, 2.75) is 27.0 Å². The molecule has 0 atom stereocenters. The number of ether oxygens (including phenoxy) is 2. The number of halogens is 2. The van der Waals surface area contributed by atoms with Crippen LogP contribution in [0.5, 0.6) is 11.5 Å². The lowest BCUT2D eigenvalue weighted by Crippen LogP contribution is -2.27. The van der Waals surface area contributed by atoms with Crippen LogP contribution < -0.4 is 9.47 Å². The maximum Gasteiger partial charge on any atom is 0.293 e. The topological polar surface area (TPSA) is 55.8 Å². The van der Waals surface area contributed by atoms with Crippen molar-refractivity contribution in [2.75, 3.05) is 6.61 Å². The number of nitrogens with zero attached hydrogens (tertiary/aromatic N) is 1. The van der Waals surface area contributed by atoms with Crippen LogP contribution in [0.2, 0.25) is 5.02 Å². The first-order valence-corrected chi connectivity index (χ1v) is 13.3. The standard InChI is InChI=1S/C27H23ClINO4S/c1-3-33-23-13-19(12-22(29)25(23)34-16-20-7-5-4-6-17(20)2)14-24-26(31)30(27(32)35-24)15-18-8-10-21(28)11-9-18/h4-14H,3,15-16H2,1-2H3/b24-14-. The predicted octanol–water partition coefficient (Wildman–Crippen LogP) is 7.47. The summed E-state index contributed by atoms with van der Waals surface area (Å²) in [5.41, 5.74) is 3.86. The average molecular weight is 620 g/mol. The summed E-state index contributed by atoms with van der Waals surface area (Å²) in [6.07, 6.45) is 1.72. The Bertz CT molecular complexity index is 1290. The lowest BCUT2D eigenvalue weighted by molar-refractivity contribution is -0.123. The number of benzene rings is 3. The molecule has 2 amide bonds. The molecule has 0 spiro atoms. The van der Waals surface area contributed by atoms with Gasteiger partial charge in [-0.05, 0) is 101 Å². The van der Waals surface area contributed by atoms with Gasteiger partial charge in [-0.15, -0.1) is 0 Å². The number of amides is 2. The lowest BCUT2D eigenvalue weighted by Gasteiger charge is -2.16. The number of aryl methyl sites for hydroxylation is 1. The van der Waals surface area contributed by atoms with E-state index < -0.39 is 0 Å². The molecule has 3 aromatic rings. The SMILES string of the molecule is CCOc1cc(/C=C2\SC(=O)N(Cc3ccc(Cl)cc3)C2=O)cc(I)c1OCc1ccccc1C. The van der Waals surface area contributed by atoms with Gasteiger partial charge in [0.1, 0.15) is 6.61 Å². The van der Waals surface area contributed by atoms with Gasteiger partial charge in [0.15, 0.2) is 11.5 Å². The highest BCUT2D eigenvalue weighted by Crippen LogP contribution is 2.38. The summed E-state index contributed by atoms with van der Waals surface area (Å²) in [4.78, 5) is 27.1. The normalized spacial score (nSPS) is 14.6. The molecule has 8 heteroatoms. The van der Waals surface area contributed by atoms with Crippen molar-refractivity contribution < 1.29 is 19.1 Å². The number of hydrogen-bond acceptors (Lipinski definition) is 5. The van der Waals surface area contributed by atoms with Gasteiger partial charge in [0, 0.05) is 5.02 Å². The highest BCUT2D eigenvalue weighted by molar-refractivity contribution is 14.1. The van der Waals surface area contributed by atoms with Crippen molar-refractivity contribution in [2.24, 2.45) is 0 Å². The Kier molecular flexibility index (Phi) is 8.41. The number of carbonyl (C=O) groups is 2. The maximum absolute atomic E-state index is 13.0. The molecule has 1 aliphatic heterocycles. The van der Waals surface area contributed by atoms with E-state index in [2.05, 4.69) is 35.6 Å². The van der Waals surface area contributed by atoms with Gasteiger partial charge in [-0.3, -0.25) is 14.5 Å². The molecule has 1 fully saturated rings. The third kappa shape index (κ3) is 6.20. The third-order valence-corrected chi connectivity index (χ3v) is 7.35. The second kappa shape index (κ2) is 11.5. The minimum atomic E-state index is -0.317. The van der Waals surface area contributed by atoms with Crippen LogP contribution in [0.25, 0.3) is 6.08 Å². The van der Waals surface area contributed by atoms with Crippen LogP contribution in [0.15, 0.2) is 65.6 Å². The van der Waals surface area contributed by atoms with Crippen LogP contribution in [-0.4, -0.2) is 22.7 Å². The van der Waals surface area contributed by atoms with Crippen molar-refractivity contribution >= 4 is 63.2 Å². The van der Waals surface area contributed by atoms with Crippen molar-refractivity contribution in [1.29, 1.82) is 0 Å². The Balaban J connectivity index is 1.55. The zero-order valence-corrected chi connectivity index (χ0v) is 22.9. The van der Waals surface area contributed by atoms with E-state index in [0.717, 1.165) is 37.6 Å². The summed E-state index contributed by atoms with van der Waals surface area (Å²) in [5.74, 6) is 0.936. The molecule has 180 valence electrons. The molecule has 0 unspecified atom stereocenters. The number of carbonyl (C=O) groups excluding carboxylic acids is 2. The fourth-order valence-electron chi connectivity index (χ4n) is 3.56. The third-order valence-electron chi connectivity index (χ3n) is 5.39. The maximum atomic E-state index is 13.0. The smallest absolute Gasteiger partial charge is 0.293 e. The molecule has 35 heavy (non-hydrogen) atoms. The van der Waals surface area contributed by atoms with E-state index >= 15 is 0 Å². The molecule has 0 bridgehead atoms. The van der Waals surface area contributed by atoms with Gasteiger partial charge in [-0.1, -0.05) is 48.0 Å². The number of rotatable bonds is 8. The molecule has 1 heterocycles. The van der Waals surface area contributed by atoms with Crippen LogP contribution in [0, 0.1) is 10.5 Å². The van der Waals surface area contributed by atoms with Gasteiger partial charge >= 0.3 is 0 Å². The van der Waals surface area contributed by atoms with Crippen molar-refractivity contribution in [3.05, 3.63) is 96.4 Å². The second-order valence-corrected chi connectivity index (χ2v) is 10.5. The molecule has 3 aromatic carbocycles. The highest BCUT2D eigenvalue weighted by atomic mass is 127. The zero-order chi connectivity index (χ0) is 24.9. The number of imide groups is 1. The molecule has 4 rings (SSSR count). The van der Waals surface area contributed by atoms with Gasteiger partial charge in [0.25, 0.3) is 11.1 Å².